The van der Waals surface area contributed by atoms with Gasteiger partial charge in [-0.25, -0.2) is 18.6 Å². The van der Waals surface area contributed by atoms with E-state index < -0.39 is 6.43 Å². The van der Waals surface area contributed by atoms with E-state index in [1.165, 1.54) is 0 Å². The van der Waals surface area contributed by atoms with Crippen molar-refractivity contribution in [3.63, 3.8) is 0 Å². The maximum atomic E-state index is 12.6. The molecule has 0 bridgehead atoms. The summed E-state index contributed by atoms with van der Waals surface area (Å²) in [7, 11) is 0. The van der Waals surface area contributed by atoms with E-state index in [0.29, 0.717) is 16.7 Å². The van der Waals surface area contributed by atoms with Crippen LogP contribution in [0.1, 0.15) is 31.5 Å². The van der Waals surface area contributed by atoms with Crippen LogP contribution in [0, 0.1) is 0 Å². The standard InChI is InChI=1S/C15H16F2N4O/c16-13(17)14-20-11-7-6-10(8-12(11)21-14)19-15(22)18-9-4-2-1-3-5-9/h1-2,6-9,13H,3-5H2,(H,20,21)(H2,18,19,22)/t9-/m1/s1. The van der Waals surface area contributed by atoms with E-state index in [9.17, 15) is 13.6 Å². The number of aromatic nitrogens is 2. The van der Waals surface area contributed by atoms with Crippen molar-refractivity contribution in [2.45, 2.75) is 31.7 Å². The fourth-order valence-electron chi connectivity index (χ4n) is 2.49. The lowest BCUT2D eigenvalue weighted by molar-refractivity contribution is 0.142. The third-order valence-electron chi connectivity index (χ3n) is 3.57. The minimum Gasteiger partial charge on any atom is -0.337 e. The van der Waals surface area contributed by atoms with Gasteiger partial charge >= 0.3 is 6.03 Å². The normalized spacial score (nSPS) is 17.9. The summed E-state index contributed by atoms with van der Waals surface area (Å²) < 4.78 is 25.2. The van der Waals surface area contributed by atoms with Crippen LogP contribution in [0.2, 0.25) is 0 Å². The Balaban J connectivity index is 1.67. The molecule has 1 aliphatic carbocycles. The van der Waals surface area contributed by atoms with Crippen molar-refractivity contribution < 1.29 is 13.6 Å². The van der Waals surface area contributed by atoms with E-state index in [1.54, 1.807) is 18.2 Å². The molecule has 3 rings (SSSR count). The Morgan fingerprint density at radius 2 is 2.23 bits per heavy atom. The summed E-state index contributed by atoms with van der Waals surface area (Å²) in [5.41, 5.74) is 1.44. The summed E-state index contributed by atoms with van der Waals surface area (Å²) in [4.78, 5) is 18.3. The quantitative estimate of drug-likeness (QED) is 0.756. The van der Waals surface area contributed by atoms with Crippen LogP contribution < -0.4 is 10.6 Å². The second kappa shape index (κ2) is 6.13. The number of allylic oxidation sites excluding steroid dienone is 1. The van der Waals surface area contributed by atoms with Crippen molar-refractivity contribution in [1.82, 2.24) is 15.3 Å². The van der Waals surface area contributed by atoms with Gasteiger partial charge in [0.15, 0.2) is 5.82 Å². The lowest BCUT2D eigenvalue weighted by Gasteiger charge is -2.19. The Labute approximate surface area is 125 Å². The Hall–Kier alpha value is -2.44. The van der Waals surface area contributed by atoms with Crippen molar-refractivity contribution in [3.8, 4) is 0 Å². The first-order chi connectivity index (χ1) is 10.6. The summed E-state index contributed by atoms with van der Waals surface area (Å²) in [6, 6.07) is 4.66. The third-order valence-corrected chi connectivity index (χ3v) is 3.57. The molecule has 0 unspecified atom stereocenters. The number of carbonyl (C=O) groups is 1. The van der Waals surface area contributed by atoms with Crippen LogP contribution in [0.25, 0.3) is 11.0 Å². The minimum absolute atomic E-state index is 0.131. The van der Waals surface area contributed by atoms with E-state index in [2.05, 4.69) is 32.8 Å². The molecule has 0 spiro atoms. The highest BCUT2D eigenvalue weighted by molar-refractivity contribution is 5.92. The minimum atomic E-state index is -2.65. The fraction of sp³-hybridized carbons (Fsp3) is 0.333. The number of hydrogen-bond acceptors (Lipinski definition) is 2. The van der Waals surface area contributed by atoms with Crippen LogP contribution in [0.4, 0.5) is 19.3 Å². The average Bonchev–Trinajstić information content (AvgIpc) is 2.91. The Bertz CT molecular complexity index is 711. The van der Waals surface area contributed by atoms with Gasteiger partial charge < -0.3 is 15.6 Å². The van der Waals surface area contributed by atoms with E-state index in [1.807, 2.05) is 0 Å². The molecule has 7 heteroatoms. The number of fused-ring (bicyclic) bond motifs is 1. The number of benzene rings is 1. The smallest absolute Gasteiger partial charge is 0.319 e. The van der Waals surface area contributed by atoms with E-state index in [-0.39, 0.29) is 17.9 Å². The molecule has 0 saturated carbocycles. The molecule has 2 amide bonds. The Morgan fingerprint density at radius 3 is 2.95 bits per heavy atom. The topological polar surface area (TPSA) is 69.8 Å². The number of nitrogens with one attached hydrogen (secondary N) is 3. The summed E-state index contributed by atoms with van der Waals surface area (Å²) in [6.45, 7) is 0. The monoisotopic (exact) mass is 306 g/mol. The summed E-state index contributed by atoms with van der Waals surface area (Å²) in [5.74, 6) is -0.370. The highest BCUT2D eigenvalue weighted by Crippen LogP contribution is 2.22. The maximum absolute atomic E-state index is 12.6. The van der Waals surface area contributed by atoms with Gasteiger partial charge in [0.05, 0.1) is 11.0 Å². The van der Waals surface area contributed by atoms with Crippen molar-refractivity contribution in [1.29, 1.82) is 0 Å². The van der Waals surface area contributed by atoms with Gasteiger partial charge in [-0.1, -0.05) is 12.2 Å². The second-order valence-electron chi connectivity index (χ2n) is 5.23. The molecule has 3 N–H and O–H groups in total. The average molecular weight is 306 g/mol. The first-order valence-corrected chi connectivity index (χ1v) is 7.12. The molecule has 0 saturated heterocycles. The molecule has 1 aromatic carbocycles. The number of alkyl halides is 2. The largest absolute Gasteiger partial charge is 0.337 e. The van der Waals surface area contributed by atoms with Gasteiger partial charge in [0.1, 0.15) is 0 Å². The molecular formula is C15H16F2N4O. The maximum Gasteiger partial charge on any atom is 0.319 e. The van der Waals surface area contributed by atoms with Crippen LogP contribution in [0.15, 0.2) is 30.4 Å². The first kappa shape index (κ1) is 14.5. The number of carbonyl (C=O) groups excluding carboxylic acids is 1. The third kappa shape index (κ3) is 3.24. The van der Waals surface area contributed by atoms with Gasteiger partial charge in [-0.15, -0.1) is 0 Å². The van der Waals surface area contributed by atoms with Crippen molar-refractivity contribution in [2.24, 2.45) is 0 Å². The summed E-state index contributed by atoms with van der Waals surface area (Å²) >= 11 is 0. The van der Waals surface area contributed by atoms with E-state index >= 15 is 0 Å². The van der Waals surface area contributed by atoms with Gasteiger partial charge in [-0.3, -0.25) is 0 Å². The van der Waals surface area contributed by atoms with E-state index in [4.69, 9.17) is 0 Å². The van der Waals surface area contributed by atoms with Gasteiger partial charge in [0, 0.05) is 11.7 Å². The van der Waals surface area contributed by atoms with Crippen LogP contribution in [-0.2, 0) is 0 Å². The van der Waals surface area contributed by atoms with Crippen LogP contribution in [0.5, 0.6) is 0 Å². The molecule has 5 nitrogen and oxygen atoms in total. The fourth-order valence-corrected chi connectivity index (χ4v) is 2.49. The Kier molecular flexibility index (Phi) is 4.04. The molecule has 1 aliphatic rings. The Morgan fingerprint density at radius 1 is 1.36 bits per heavy atom. The van der Waals surface area contributed by atoms with E-state index in [0.717, 1.165) is 19.3 Å². The number of H-pyrrole nitrogens is 1. The lowest BCUT2D eigenvalue weighted by atomic mass is 10.0. The number of rotatable bonds is 3. The first-order valence-electron chi connectivity index (χ1n) is 7.12. The molecule has 0 radical (unpaired) electrons. The zero-order chi connectivity index (χ0) is 15.5. The number of hydrogen-bond donors (Lipinski definition) is 3. The number of aromatic amines is 1. The number of halogens is 2. The van der Waals surface area contributed by atoms with Crippen LogP contribution >= 0.6 is 0 Å². The molecule has 0 fully saturated rings. The molecular weight excluding hydrogens is 290 g/mol. The molecule has 1 atom stereocenters. The number of imidazole rings is 1. The van der Waals surface area contributed by atoms with Gasteiger partial charge in [-0.05, 0) is 37.5 Å². The molecule has 2 aromatic rings. The van der Waals surface area contributed by atoms with Crippen LogP contribution in [0.3, 0.4) is 0 Å². The second-order valence-corrected chi connectivity index (χ2v) is 5.23. The van der Waals surface area contributed by atoms with Crippen molar-refractivity contribution >= 4 is 22.8 Å². The van der Waals surface area contributed by atoms with Gasteiger partial charge in [0.25, 0.3) is 6.43 Å². The molecule has 116 valence electrons. The van der Waals surface area contributed by atoms with Crippen molar-refractivity contribution in [2.75, 3.05) is 5.32 Å². The number of amides is 2. The highest BCUT2D eigenvalue weighted by atomic mass is 19.3. The van der Waals surface area contributed by atoms with Crippen LogP contribution in [-0.4, -0.2) is 22.0 Å². The van der Waals surface area contributed by atoms with Gasteiger partial charge in [-0.2, -0.15) is 0 Å². The highest BCUT2D eigenvalue weighted by Gasteiger charge is 2.15. The number of urea groups is 1. The molecule has 0 aliphatic heterocycles. The number of anilines is 1. The zero-order valence-corrected chi connectivity index (χ0v) is 11.8. The molecule has 1 aromatic heterocycles. The summed E-state index contributed by atoms with van der Waals surface area (Å²) in [6.07, 6.45) is 4.21. The molecule has 1 heterocycles. The zero-order valence-electron chi connectivity index (χ0n) is 11.8. The predicted octanol–water partition coefficient (Wildman–Crippen LogP) is 3.73. The lowest BCUT2D eigenvalue weighted by Crippen LogP contribution is -2.38. The molecule has 22 heavy (non-hydrogen) atoms. The van der Waals surface area contributed by atoms with Gasteiger partial charge in [0.2, 0.25) is 0 Å². The van der Waals surface area contributed by atoms with Crippen molar-refractivity contribution in [3.05, 3.63) is 36.2 Å². The predicted molar refractivity (Wildman–Crippen MR) is 80.0 cm³/mol. The summed E-state index contributed by atoms with van der Waals surface area (Å²) in [5, 5.41) is 5.60. The SMILES string of the molecule is O=C(Nc1ccc2nc(C(F)F)[nH]c2c1)N[C@@H]1CC=CCC1. The number of nitrogens with zero attached hydrogens (tertiary/aromatic N) is 1.